The lowest BCUT2D eigenvalue weighted by Gasteiger charge is -2.07. The van der Waals surface area contributed by atoms with Crippen LogP contribution in [0.5, 0.6) is 0 Å². The second-order valence-electron chi connectivity index (χ2n) is 2.23. The summed E-state index contributed by atoms with van der Waals surface area (Å²) < 4.78 is 0. The van der Waals surface area contributed by atoms with Crippen LogP contribution in [-0.2, 0) is 0 Å². The van der Waals surface area contributed by atoms with Gasteiger partial charge < -0.3 is 5.43 Å². The van der Waals surface area contributed by atoms with E-state index in [0.717, 1.165) is 0 Å². The second kappa shape index (κ2) is 2.53. The molecule has 1 rings (SSSR count). The zero-order chi connectivity index (χ0) is 6.69. The largest absolute Gasteiger partial charge is 0.308 e. The molecule has 0 bridgehead atoms. The molecule has 1 N–H and O–H groups in total. The van der Waals surface area contributed by atoms with E-state index in [1.54, 1.807) is 11.0 Å². The molecular weight excluding hydrogens is 114 g/mol. The van der Waals surface area contributed by atoms with Gasteiger partial charge in [-0.15, -0.1) is 0 Å². The summed E-state index contributed by atoms with van der Waals surface area (Å²) in [5.41, 5.74) is 3.09. The van der Waals surface area contributed by atoms with Gasteiger partial charge in [0.2, 0.25) is 0 Å². The number of rotatable bonds is 2. The molecule has 0 spiro atoms. The fourth-order valence-corrected chi connectivity index (χ4v) is 0.610. The van der Waals surface area contributed by atoms with E-state index in [9.17, 15) is 0 Å². The summed E-state index contributed by atoms with van der Waals surface area (Å²) in [5.74, 6) is 0. The van der Waals surface area contributed by atoms with Crippen molar-refractivity contribution in [1.29, 1.82) is 0 Å². The van der Waals surface area contributed by atoms with Gasteiger partial charge in [0, 0.05) is 12.2 Å². The van der Waals surface area contributed by atoms with Gasteiger partial charge in [-0.05, 0) is 19.9 Å². The van der Waals surface area contributed by atoms with Crippen molar-refractivity contribution in [2.24, 2.45) is 0 Å². The minimum absolute atomic E-state index is 0.435. The molecule has 0 aliphatic heterocycles. The van der Waals surface area contributed by atoms with E-state index < -0.39 is 0 Å². The summed E-state index contributed by atoms with van der Waals surface area (Å²) in [6.07, 6.45) is 3.62. The lowest BCUT2D eigenvalue weighted by molar-refractivity contribution is 0.668. The highest BCUT2D eigenvalue weighted by Gasteiger charge is 1.89. The minimum atomic E-state index is 0.435. The Hall–Kier alpha value is -0.990. The maximum absolute atomic E-state index is 3.96. The third-order valence-corrected chi connectivity index (χ3v) is 0.895. The van der Waals surface area contributed by atoms with Crippen molar-refractivity contribution < 1.29 is 0 Å². The molecule has 0 saturated carbocycles. The minimum Gasteiger partial charge on any atom is -0.308 e. The Morgan fingerprint density at radius 1 is 1.56 bits per heavy atom. The van der Waals surface area contributed by atoms with E-state index in [1.165, 1.54) is 0 Å². The topological polar surface area (TPSA) is 29.9 Å². The highest BCUT2D eigenvalue weighted by atomic mass is 15.6. The number of nitrogens with zero attached hydrogens (tertiary/aromatic N) is 2. The fraction of sp³-hybridized carbons (Fsp3) is 0.500. The Morgan fingerprint density at radius 2 is 2.33 bits per heavy atom. The van der Waals surface area contributed by atoms with Gasteiger partial charge in [0.25, 0.3) is 0 Å². The van der Waals surface area contributed by atoms with Crippen LogP contribution in [0, 0.1) is 0 Å². The number of nitrogens with one attached hydrogen (secondary N) is 1. The predicted octanol–water partition coefficient (Wildman–Crippen LogP) is 0.835. The second-order valence-corrected chi connectivity index (χ2v) is 2.23. The van der Waals surface area contributed by atoms with Crippen LogP contribution < -0.4 is 5.43 Å². The highest BCUT2D eigenvalue weighted by Crippen LogP contribution is 1.82. The molecule has 3 heteroatoms. The van der Waals surface area contributed by atoms with Crippen molar-refractivity contribution in [3.8, 4) is 0 Å². The number of hydrogen-bond donors (Lipinski definition) is 1. The molecule has 0 radical (unpaired) electrons. The van der Waals surface area contributed by atoms with Gasteiger partial charge in [0.05, 0.1) is 6.20 Å². The molecule has 0 amide bonds. The summed E-state index contributed by atoms with van der Waals surface area (Å²) in [5, 5.41) is 3.96. The monoisotopic (exact) mass is 125 g/mol. The van der Waals surface area contributed by atoms with Gasteiger partial charge in [-0.25, -0.2) is 0 Å². The van der Waals surface area contributed by atoms with E-state index >= 15 is 0 Å². The van der Waals surface area contributed by atoms with E-state index in [-0.39, 0.29) is 0 Å². The summed E-state index contributed by atoms with van der Waals surface area (Å²) in [7, 11) is 0. The first-order chi connectivity index (χ1) is 4.29. The Morgan fingerprint density at radius 3 is 2.78 bits per heavy atom. The third kappa shape index (κ3) is 1.76. The van der Waals surface area contributed by atoms with Crippen LogP contribution in [-0.4, -0.2) is 15.9 Å². The molecule has 0 aromatic carbocycles. The van der Waals surface area contributed by atoms with Crippen molar-refractivity contribution >= 4 is 0 Å². The molecule has 0 aliphatic rings. The quantitative estimate of drug-likeness (QED) is 0.634. The normalized spacial score (nSPS) is 10.1. The molecule has 1 heterocycles. The Bertz CT molecular complexity index is 155. The Labute approximate surface area is 54.7 Å². The third-order valence-electron chi connectivity index (χ3n) is 0.895. The summed E-state index contributed by atoms with van der Waals surface area (Å²) in [6, 6.07) is 2.32. The van der Waals surface area contributed by atoms with Gasteiger partial charge in [0.1, 0.15) is 0 Å². The average Bonchev–Trinajstić information content (AvgIpc) is 2.15. The smallest absolute Gasteiger partial charge is 0.0510 e. The van der Waals surface area contributed by atoms with Crippen LogP contribution in [0.4, 0.5) is 0 Å². The first kappa shape index (κ1) is 6.13. The molecule has 1 aromatic heterocycles. The molecule has 0 fully saturated rings. The van der Waals surface area contributed by atoms with Gasteiger partial charge in [-0.3, -0.25) is 0 Å². The summed E-state index contributed by atoms with van der Waals surface area (Å²) in [6.45, 7) is 4.14. The van der Waals surface area contributed by atoms with Crippen molar-refractivity contribution in [2.45, 2.75) is 19.9 Å². The van der Waals surface area contributed by atoms with Crippen molar-refractivity contribution in [1.82, 2.24) is 9.89 Å². The molecule has 1 aromatic rings. The maximum atomic E-state index is 3.96. The van der Waals surface area contributed by atoms with Crippen LogP contribution >= 0.6 is 0 Å². The van der Waals surface area contributed by atoms with E-state index in [2.05, 4.69) is 24.4 Å². The van der Waals surface area contributed by atoms with Gasteiger partial charge in [-0.2, -0.15) is 9.89 Å². The molecule has 0 aliphatic carbocycles. The van der Waals surface area contributed by atoms with E-state index in [1.807, 2.05) is 12.3 Å². The molecule has 9 heavy (non-hydrogen) atoms. The number of hydrogen-bond acceptors (Lipinski definition) is 2. The van der Waals surface area contributed by atoms with Crippen LogP contribution in [0.2, 0.25) is 0 Å². The Kier molecular flexibility index (Phi) is 1.72. The summed E-state index contributed by atoms with van der Waals surface area (Å²) in [4.78, 5) is 1.70. The van der Waals surface area contributed by atoms with Gasteiger partial charge in [0.15, 0.2) is 0 Å². The molecule has 0 unspecified atom stereocenters. The number of aromatic nitrogens is 2. The molecule has 3 nitrogen and oxygen atoms in total. The van der Waals surface area contributed by atoms with Crippen LogP contribution in [0.1, 0.15) is 13.8 Å². The van der Waals surface area contributed by atoms with Crippen LogP contribution in [0.3, 0.4) is 0 Å². The average molecular weight is 125 g/mol. The fourth-order valence-electron chi connectivity index (χ4n) is 0.610. The van der Waals surface area contributed by atoms with E-state index in [4.69, 9.17) is 0 Å². The van der Waals surface area contributed by atoms with Crippen LogP contribution in [0.15, 0.2) is 18.5 Å². The van der Waals surface area contributed by atoms with Gasteiger partial charge in [-0.1, -0.05) is 0 Å². The van der Waals surface area contributed by atoms with Gasteiger partial charge >= 0.3 is 0 Å². The molecule has 0 saturated heterocycles. The van der Waals surface area contributed by atoms with Crippen LogP contribution in [0.25, 0.3) is 0 Å². The SMILES string of the molecule is CC(C)Nn1cccn1. The maximum Gasteiger partial charge on any atom is 0.0510 e. The molecular formula is C6H11N3. The summed E-state index contributed by atoms with van der Waals surface area (Å²) >= 11 is 0. The lowest BCUT2D eigenvalue weighted by Crippen LogP contribution is -2.22. The first-order valence-electron chi connectivity index (χ1n) is 3.05. The standard InChI is InChI=1S/C6H11N3/c1-6(2)8-9-5-3-4-7-9/h3-6,8H,1-2H3. The highest BCUT2D eigenvalue weighted by molar-refractivity contribution is 4.82. The zero-order valence-electron chi connectivity index (χ0n) is 5.70. The Balaban J connectivity index is 2.48. The van der Waals surface area contributed by atoms with Crippen molar-refractivity contribution in [2.75, 3.05) is 5.43 Å². The zero-order valence-corrected chi connectivity index (χ0v) is 5.70. The van der Waals surface area contributed by atoms with Crippen molar-refractivity contribution in [3.05, 3.63) is 18.5 Å². The molecule has 0 atom stereocenters. The van der Waals surface area contributed by atoms with E-state index in [0.29, 0.717) is 6.04 Å². The first-order valence-corrected chi connectivity index (χ1v) is 3.05. The predicted molar refractivity (Wildman–Crippen MR) is 36.7 cm³/mol. The molecule has 50 valence electrons. The lowest BCUT2D eigenvalue weighted by atomic mass is 10.4. The van der Waals surface area contributed by atoms with Crippen molar-refractivity contribution in [3.63, 3.8) is 0 Å².